The Kier molecular flexibility index (Phi) is 9.39. The van der Waals surface area contributed by atoms with Gasteiger partial charge in [-0.2, -0.15) is 0 Å². The monoisotopic (exact) mass is 448 g/mol. The van der Waals surface area contributed by atoms with E-state index in [1.165, 1.54) is 10.6 Å². The quantitative estimate of drug-likeness (QED) is 0.578. The minimum absolute atomic E-state index is 0.0184. The largest absolute Gasteiger partial charge is 0.483 e. The average molecular weight is 449 g/mol. The number of carbonyl (C=O) groups is 3. The zero-order valence-corrected chi connectivity index (χ0v) is 18.4. The molecule has 1 saturated carbocycles. The lowest BCUT2D eigenvalue weighted by molar-refractivity contribution is -0.127. The summed E-state index contributed by atoms with van der Waals surface area (Å²) in [7, 11) is 0. The van der Waals surface area contributed by atoms with Crippen LogP contribution in [0.15, 0.2) is 34.7 Å². The van der Waals surface area contributed by atoms with Crippen LogP contribution in [0.3, 0.4) is 0 Å². The maximum atomic E-state index is 12.6. The number of hydrogen-bond donors (Lipinski definition) is 3. The summed E-state index contributed by atoms with van der Waals surface area (Å²) in [6.45, 7) is 3.73. The summed E-state index contributed by atoms with van der Waals surface area (Å²) in [4.78, 5) is 50.3. The SMILES string of the molecule is Cc1scnc1C(C)NC(=O)C1CCC(NC(=O)Cn2ccccc2=O)CC1.O=CO. The molecule has 9 nitrogen and oxygen atoms in total. The molecule has 10 heteroatoms. The van der Waals surface area contributed by atoms with Crippen molar-refractivity contribution in [1.29, 1.82) is 0 Å². The van der Waals surface area contributed by atoms with Crippen molar-refractivity contribution in [1.82, 2.24) is 20.2 Å². The molecule has 2 aromatic rings. The predicted molar refractivity (Wildman–Crippen MR) is 117 cm³/mol. The zero-order valence-electron chi connectivity index (χ0n) is 17.6. The molecule has 0 spiro atoms. The molecular formula is C21H28N4O5S. The molecule has 0 aliphatic heterocycles. The molecule has 2 amide bonds. The lowest BCUT2D eigenvalue weighted by atomic mass is 9.85. The minimum Gasteiger partial charge on any atom is -0.483 e. The molecule has 0 aromatic carbocycles. The summed E-state index contributed by atoms with van der Waals surface area (Å²) < 4.78 is 1.39. The third kappa shape index (κ3) is 7.32. The first-order chi connectivity index (χ1) is 14.8. The second kappa shape index (κ2) is 12.0. The first-order valence-electron chi connectivity index (χ1n) is 10.1. The van der Waals surface area contributed by atoms with Gasteiger partial charge in [-0.15, -0.1) is 11.3 Å². The van der Waals surface area contributed by atoms with Gasteiger partial charge in [0.15, 0.2) is 0 Å². The fraction of sp³-hybridized carbons (Fsp3) is 0.476. The standard InChI is InChI=1S/C20H26N4O3S.CH2O2/c1-13(19-14(2)28-12-21-19)22-20(27)15-6-8-16(9-7-15)23-17(25)11-24-10-4-3-5-18(24)26;2-1-3/h3-5,10,12-13,15-16H,6-9,11H2,1-2H3,(H,22,27)(H,23,25);1H,(H,2,3). The molecule has 2 aromatic heterocycles. The second-order valence-corrected chi connectivity index (χ2v) is 8.47. The highest BCUT2D eigenvalue weighted by molar-refractivity contribution is 7.09. The molecule has 3 rings (SSSR count). The van der Waals surface area contributed by atoms with Gasteiger partial charge in [-0.05, 0) is 45.6 Å². The van der Waals surface area contributed by atoms with Crippen LogP contribution in [0.1, 0.15) is 49.2 Å². The molecule has 31 heavy (non-hydrogen) atoms. The molecule has 0 bridgehead atoms. The van der Waals surface area contributed by atoms with Crippen LogP contribution in [-0.2, 0) is 20.9 Å². The van der Waals surface area contributed by atoms with E-state index in [0.29, 0.717) is 0 Å². The van der Waals surface area contributed by atoms with E-state index in [4.69, 9.17) is 9.90 Å². The Morgan fingerprint density at radius 3 is 2.58 bits per heavy atom. The molecule has 168 valence electrons. The fourth-order valence-corrected chi connectivity index (χ4v) is 4.32. The van der Waals surface area contributed by atoms with Crippen molar-refractivity contribution >= 4 is 29.6 Å². The summed E-state index contributed by atoms with van der Waals surface area (Å²) in [5, 5.41) is 12.9. The van der Waals surface area contributed by atoms with Gasteiger partial charge in [0.1, 0.15) is 6.54 Å². The fourth-order valence-electron chi connectivity index (χ4n) is 3.65. The predicted octanol–water partition coefficient (Wildman–Crippen LogP) is 1.87. The molecule has 0 saturated heterocycles. The number of carbonyl (C=O) groups excluding carboxylic acids is 2. The van der Waals surface area contributed by atoms with Gasteiger partial charge < -0.3 is 20.3 Å². The molecule has 1 aliphatic carbocycles. The Hall–Kier alpha value is -3.01. The van der Waals surface area contributed by atoms with E-state index in [-0.39, 0.29) is 48.4 Å². The Morgan fingerprint density at radius 1 is 1.32 bits per heavy atom. The van der Waals surface area contributed by atoms with E-state index in [1.807, 2.05) is 13.8 Å². The minimum atomic E-state index is -0.250. The highest BCUT2D eigenvalue weighted by Gasteiger charge is 2.28. The normalized spacial score (nSPS) is 18.8. The van der Waals surface area contributed by atoms with Gasteiger partial charge in [-0.3, -0.25) is 19.2 Å². The van der Waals surface area contributed by atoms with E-state index in [0.717, 1.165) is 36.3 Å². The molecular weight excluding hydrogens is 420 g/mol. The van der Waals surface area contributed by atoms with Crippen molar-refractivity contribution in [3.8, 4) is 0 Å². The Labute approximate surface area is 184 Å². The zero-order chi connectivity index (χ0) is 22.8. The maximum absolute atomic E-state index is 12.6. The summed E-state index contributed by atoms with van der Waals surface area (Å²) >= 11 is 1.58. The van der Waals surface area contributed by atoms with Crippen molar-refractivity contribution in [3.63, 3.8) is 0 Å². The van der Waals surface area contributed by atoms with Gasteiger partial charge in [-0.1, -0.05) is 6.07 Å². The molecule has 1 atom stereocenters. The van der Waals surface area contributed by atoms with Crippen molar-refractivity contribution < 1.29 is 19.5 Å². The number of carboxylic acid groups (broad SMARTS) is 1. The van der Waals surface area contributed by atoms with Gasteiger partial charge in [0.05, 0.1) is 17.2 Å². The summed E-state index contributed by atoms with van der Waals surface area (Å²) in [5.41, 5.74) is 2.53. The number of nitrogens with one attached hydrogen (secondary N) is 2. The van der Waals surface area contributed by atoms with Crippen LogP contribution in [0.5, 0.6) is 0 Å². The highest BCUT2D eigenvalue weighted by atomic mass is 32.1. The molecule has 2 heterocycles. The second-order valence-electron chi connectivity index (χ2n) is 7.41. The van der Waals surface area contributed by atoms with E-state index in [2.05, 4.69) is 15.6 Å². The van der Waals surface area contributed by atoms with Gasteiger partial charge in [0.2, 0.25) is 11.8 Å². The van der Waals surface area contributed by atoms with Crippen LogP contribution in [0.4, 0.5) is 0 Å². The number of amides is 2. The lowest BCUT2D eigenvalue weighted by Crippen LogP contribution is -2.43. The van der Waals surface area contributed by atoms with Crippen LogP contribution in [0, 0.1) is 12.8 Å². The van der Waals surface area contributed by atoms with Crippen LogP contribution in [-0.4, -0.2) is 39.0 Å². The van der Waals surface area contributed by atoms with Gasteiger partial charge >= 0.3 is 0 Å². The molecule has 1 aliphatic rings. The molecule has 1 fully saturated rings. The summed E-state index contributed by atoms with van der Waals surface area (Å²) in [6, 6.07) is 4.77. The van der Waals surface area contributed by atoms with Crippen LogP contribution < -0.4 is 16.2 Å². The van der Waals surface area contributed by atoms with E-state index >= 15 is 0 Å². The highest BCUT2D eigenvalue weighted by Crippen LogP contribution is 2.26. The number of pyridine rings is 1. The third-order valence-corrected chi connectivity index (χ3v) is 6.00. The maximum Gasteiger partial charge on any atom is 0.290 e. The number of aryl methyl sites for hydroxylation is 1. The van der Waals surface area contributed by atoms with E-state index < -0.39 is 0 Å². The topological polar surface area (TPSA) is 130 Å². The van der Waals surface area contributed by atoms with E-state index in [1.54, 1.807) is 35.2 Å². The third-order valence-electron chi connectivity index (χ3n) is 5.23. The van der Waals surface area contributed by atoms with Gasteiger partial charge in [0.25, 0.3) is 12.0 Å². The first kappa shape index (κ1) is 24.3. The summed E-state index contributed by atoms with van der Waals surface area (Å²) in [6.07, 6.45) is 4.61. The molecule has 3 N–H and O–H groups in total. The van der Waals surface area contributed by atoms with E-state index in [9.17, 15) is 14.4 Å². The molecule has 0 radical (unpaired) electrons. The number of thiazole rings is 1. The Balaban J connectivity index is 0.00000107. The Morgan fingerprint density at radius 2 is 2.00 bits per heavy atom. The lowest BCUT2D eigenvalue weighted by Gasteiger charge is -2.29. The van der Waals surface area contributed by atoms with Crippen LogP contribution >= 0.6 is 11.3 Å². The van der Waals surface area contributed by atoms with Crippen molar-refractivity contribution in [2.45, 2.75) is 58.2 Å². The van der Waals surface area contributed by atoms with Crippen LogP contribution in [0.25, 0.3) is 0 Å². The summed E-state index contributed by atoms with van der Waals surface area (Å²) in [5.74, 6) is -0.152. The number of nitrogens with zero attached hydrogens (tertiary/aromatic N) is 2. The van der Waals surface area contributed by atoms with Crippen molar-refractivity contribution in [2.24, 2.45) is 5.92 Å². The number of hydrogen-bond acceptors (Lipinski definition) is 6. The number of rotatable bonds is 6. The van der Waals surface area contributed by atoms with Gasteiger partial charge in [-0.25, -0.2) is 4.98 Å². The smallest absolute Gasteiger partial charge is 0.290 e. The van der Waals surface area contributed by atoms with Crippen molar-refractivity contribution in [3.05, 3.63) is 50.8 Å². The Bertz CT molecular complexity index is 934. The van der Waals surface area contributed by atoms with Crippen LogP contribution in [0.2, 0.25) is 0 Å². The molecule has 1 unspecified atom stereocenters. The first-order valence-corrected chi connectivity index (χ1v) is 11.0. The van der Waals surface area contributed by atoms with Crippen molar-refractivity contribution in [2.75, 3.05) is 0 Å². The van der Waals surface area contributed by atoms with Gasteiger partial charge in [0, 0.05) is 29.1 Å². The average Bonchev–Trinajstić information content (AvgIpc) is 3.17. The number of aromatic nitrogens is 2.